The molecule has 2 amide bonds. The second-order valence-corrected chi connectivity index (χ2v) is 5.43. The smallest absolute Gasteiger partial charge is 0.252 e. The van der Waals surface area contributed by atoms with Gasteiger partial charge < -0.3 is 15.7 Å². The van der Waals surface area contributed by atoms with E-state index in [0.29, 0.717) is 11.3 Å². The van der Waals surface area contributed by atoms with Crippen LogP contribution in [-0.4, -0.2) is 28.6 Å². The number of hydrogen-bond donors (Lipinski definition) is 3. The van der Waals surface area contributed by atoms with E-state index in [0.717, 1.165) is 6.42 Å². The first-order chi connectivity index (χ1) is 9.25. The van der Waals surface area contributed by atoms with E-state index in [4.69, 9.17) is 5.11 Å². The van der Waals surface area contributed by atoms with Crippen LogP contribution < -0.4 is 10.6 Å². The van der Waals surface area contributed by atoms with Crippen LogP contribution in [0.3, 0.4) is 0 Å². The highest BCUT2D eigenvalue weighted by atomic mass is 16.3. The van der Waals surface area contributed by atoms with Crippen LogP contribution in [-0.2, 0) is 4.79 Å². The van der Waals surface area contributed by atoms with Gasteiger partial charge in [0.05, 0.1) is 0 Å². The maximum Gasteiger partial charge on any atom is 0.252 e. The Bertz CT molecular complexity index is 478. The molecular weight excluding hydrogens is 256 g/mol. The lowest BCUT2D eigenvalue weighted by Gasteiger charge is -2.24. The van der Waals surface area contributed by atoms with Gasteiger partial charge in [-0.2, -0.15) is 0 Å². The van der Waals surface area contributed by atoms with Gasteiger partial charge in [-0.25, -0.2) is 0 Å². The molecule has 3 N–H and O–H groups in total. The number of anilines is 1. The summed E-state index contributed by atoms with van der Waals surface area (Å²) in [5.74, 6) is -0.625. The van der Waals surface area contributed by atoms with E-state index in [1.54, 1.807) is 24.3 Å². The van der Waals surface area contributed by atoms with Crippen molar-refractivity contribution in [1.29, 1.82) is 0 Å². The second-order valence-electron chi connectivity index (χ2n) is 5.43. The Morgan fingerprint density at radius 2 is 1.80 bits per heavy atom. The van der Waals surface area contributed by atoms with Crippen molar-refractivity contribution >= 4 is 17.5 Å². The summed E-state index contributed by atoms with van der Waals surface area (Å²) in [6, 6.07) is 6.54. The maximum absolute atomic E-state index is 12.0. The SMILES string of the molecule is CCC(C)(C)NC(=O)c1ccc(NC(=O)C(C)O)cc1. The van der Waals surface area contributed by atoms with Gasteiger partial charge in [-0.05, 0) is 51.5 Å². The molecule has 0 saturated carbocycles. The van der Waals surface area contributed by atoms with Crippen molar-refractivity contribution in [3.63, 3.8) is 0 Å². The highest BCUT2D eigenvalue weighted by molar-refractivity contribution is 5.96. The van der Waals surface area contributed by atoms with E-state index in [-0.39, 0.29) is 11.4 Å². The third-order valence-corrected chi connectivity index (χ3v) is 3.13. The monoisotopic (exact) mass is 278 g/mol. The summed E-state index contributed by atoms with van der Waals surface area (Å²) in [5.41, 5.74) is 0.819. The highest BCUT2D eigenvalue weighted by Crippen LogP contribution is 2.13. The lowest BCUT2D eigenvalue weighted by Crippen LogP contribution is -2.42. The molecule has 1 unspecified atom stereocenters. The number of rotatable bonds is 5. The van der Waals surface area contributed by atoms with Gasteiger partial charge in [-0.15, -0.1) is 0 Å². The van der Waals surface area contributed by atoms with Crippen molar-refractivity contribution in [2.24, 2.45) is 0 Å². The normalized spacial score (nSPS) is 12.7. The van der Waals surface area contributed by atoms with Crippen LogP contribution in [0.4, 0.5) is 5.69 Å². The predicted octanol–water partition coefficient (Wildman–Crippen LogP) is 1.92. The van der Waals surface area contributed by atoms with Gasteiger partial charge in [0.15, 0.2) is 0 Å². The Balaban J connectivity index is 2.71. The summed E-state index contributed by atoms with van der Waals surface area (Å²) >= 11 is 0. The molecule has 110 valence electrons. The fourth-order valence-corrected chi connectivity index (χ4v) is 1.42. The average Bonchev–Trinajstić information content (AvgIpc) is 2.38. The molecular formula is C15H22N2O3. The standard InChI is InChI=1S/C15H22N2O3/c1-5-15(3,4)17-14(20)11-6-8-12(9-7-11)16-13(19)10(2)18/h6-10,18H,5H2,1-4H3,(H,16,19)(H,17,20). The Labute approximate surface area is 119 Å². The first kappa shape index (κ1) is 16.2. The quantitative estimate of drug-likeness (QED) is 0.770. The summed E-state index contributed by atoms with van der Waals surface area (Å²) in [6.07, 6.45) is -0.232. The molecule has 0 bridgehead atoms. The second kappa shape index (κ2) is 6.52. The molecule has 0 saturated heterocycles. The topological polar surface area (TPSA) is 78.4 Å². The third-order valence-electron chi connectivity index (χ3n) is 3.13. The van der Waals surface area contributed by atoms with Crippen molar-refractivity contribution in [3.05, 3.63) is 29.8 Å². The number of hydrogen-bond acceptors (Lipinski definition) is 3. The first-order valence-electron chi connectivity index (χ1n) is 6.66. The van der Waals surface area contributed by atoms with Gasteiger partial charge in [0.2, 0.25) is 0 Å². The Morgan fingerprint density at radius 3 is 2.25 bits per heavy atom. The zero-order valence-electron chi connectivity index (χ0n) is 12.4. The Hall–Kier alpha value is -1.88. The number of aliphatic hydroxyl groups excluding tert-OH is 1. The lowest BCUT2D eigenvalue weighted by molar-refractivity contribution is -0.123. The van der Waals surface area contributed by atoms with E-state index >= 15 is 0 Å². The number of amides is 2. The Morgan fingerprint density at radius 1 is 1.25 bits per heavy atom. The average molecular weight is 278 g/mol. The van der Waals surface area contributed by atoms with E-state index in [9.17, 15) is 9.59 Å². The van der Waals surface area contributed by atoms with E-state index in [1.165, 1.54) is 6.92 Å². The number of benzene rings is 1. The molecule has 0 aliphatic heterocycles. The van der Waals surface area contributed by atoms with Gasteiger partial charge >= 0.3 is 0 Å². The molecule has 0 spiro atoms. The number of aliphatic hydroxyl groups is 1. The van der Waals surface area contributed by atoms with Crippen molar-refractivity contribution < 1.29 is 14.7 Å². The van der Waals surface area contributed by atoms with Crippen LogP contribution in [0.2, 0.25) is 0 Å². The summed E-state index contributed by atoms with van der Waals surface area (Å²) in [4.78, 5) is 23.3. The minimum absolute atomic E-state index is 0.148. The number of carbonyl (C=O) groups is 2. The molecule has 0 aromatic heterocycles. The highest BCUT2D eigenvalue weighted by Gasteiger charge is 2.18. The van der Waals surface area contributed by atoms with E-state index < -0.39 is 12.0 Å². The van der Waals surface area contributed by atoms with Crippen LogP contribution in [0.5, 0.6) is 0 Å². The number of carbonyl (C=O) groups excluding carboxylic acids is 2. The van der Waals surface area contributed by atoms with Crippen molar-refractivity contribution in [2.75, 3.05) is 5.32 Å². The molecule has 1 aromatic rings. The molecule has 0 heterocycles. The maximum atomic E-state index is 12.0. The molecule has 1 aromatic carbocycles. The molecule has 0 aliphatic rings. The van der Waals surface area contributed by atoms with Crippen molar-refractivity contribution in [1.82, 2.24) is 5.32 Å². The first-order valence-corrected chi connectivity index (χ1v) is 6.66. The van der Waals surface area contributed by atoms with Crippen LogP contribution in [0.15, 0.2) is 24.3 Å². The fourth-order valence-electron chi connectivity index (χ4n) is 1.42. The van der Waals surface area contributed by atoms with Crippen molar-refractivity contribution in [2.45, 2.75) is 45.8 Å². The summed E-state index contributed by atoms with van der Waals surface area (Å²) in [7, 11) is 0. The minimum atomic E-state index is -1.07. The zero-order chi connectivity index (χ0) is 15.3. The minimum Gasteiger partial charge on any atom is -0.384 e. The van der Waals surface area contributed by atoms with Crippen LogP contribution >= 0.6 is 0 Å². The molecule has 1 rings (SSSR count). The van der Waals surface area contributed by atoms with Crippen LogP contribution in [0, 0.1) is 0 Å². The molecule has 20 heavy (non-hydrogen) atoms. The van der Waals surface area contributed by atoms with Gasteiger partial charge in [-0.3, -0.25) is 9.59 Å². The summed E-state index contributed by atoms with van der Waals surface area (Å²) in [5, 5.41) is 14.6. The van der Waals surface area contributed by atoms with Crippen molar-refractivity contribution in [3.8, 4) is 0 Å². The predicted molar refractivity (Wildman–Crippen MR) is 78.6 cm³/mol. The molecule has 5 heteroatoms. The molecule has 5 nitrogen and oxygen atoms in total. The summed E-state index contributed by atoms with van der Waals surface area (Å²) in [6.45, 7) is 7.32. The fraction of sp³-hybridized carbons (Fsp3) is 0.467. The van der Waals surface area contributed by atoms with Gasteiger partial charge in [0.25, 0.3) is 11.8 Å². The van der Waals surface area contributed by atoms with Crippen LogP contribution in [0.25, 0.3) is 0 Å². The largest absolute Gasteiger partial charge is 0.384 e. The summed E-state index contributed by atoms with van der Waals surface area (Å²) < 4.78 is 0. The zero-order valence-corrected chi connectivity index (χ0v) is 12.4. The number of nitrogens with one attached hydrogen (secondary N) is 2. The van der Waals surface area contributed by atoms with Gasteiger partial charge in [0, 0.05) is 16.8 Å². The molecule has 0 radical (unpaired) electrons. The van der Waals surface area contributed by atoms with Gasteiger partial charge in [-0.1, -0.05) is 6.92 Å². The van der Waals surface area contributed by atoms with E-state index in [1.807, 2.05) is 20.8 Å². The molecule has 1 atom stereocenters. The third kappa shape index (κ3) is 4.66. The molecule has 0 aliphatic carbocycles. The van der Waals surface area contributed by atoms with Gasteiger partial charge in [0.1, 0.15) is 6.10 Å². The van der Waals surface area contributed by atoms with E-state index in [2.05, 4.69) is 10.6 Å². The Kier molecular flexibility index (Phi) is 5.27. The van der Waals surface area contributed by atoms with Crippen LogP contribution in [0.1, 0.15) is 44.5 Å². The lowest BCUT2D eigenvalue weighted by atomic mass is 10.0. The molecule has 0 fully saturated rings.